The van der Waals surface area contributed by atoms with Gasteiger partial charge in [-0.25, -0.2) is 0 Å². The summed E-state index contributed by atoms with van der Waals surface area (Å²) in [4.78, 5) is 0. The highest BCUT2D eigenvalue weighted by molar-refractivity contribution is 5.61. The van der Waals surface area contributed by atoms with Gasteiger partial charge < -0.3 is 5.73 Å². The Morgan fingerprint density at radius 2 is 2.00 bits per heavy atom. The maximum absolute atomic E-state index is 5.96. The van der Waals surface area contributed by atoms with Crippen LogP contribution in [0.25, 0.3) is 5.52 Å². The van der Waals surface area contributed by atoms with Crippen molar-refractivity contribution in [2.24, 2.45) is 0 Å². The quantitative estimate of drug-likeness (QED) is 0.609. The topological polar surface area (TPSA) is 45.9 Å². The minimum absolute atomic E-state index is 0.0662. The molecule has 0 aliphatic rings. The number of nitrogens with two attached hydrogens (primary N) is 1. The van der Waals surface area contributed by atoms with Gasteiger partial charge in [0.1, 0.15) is 0 Å². The average Bonchev–Trinajstić information content (AvgIpc) is 2.38. The van der Waals surface area contributed by atoms with Crippen LogP contribution in [-0.2, 0) is 5.41 Å². The van der Waals surface area contributed by atoms with Gasteiger partial charge >= 0.3 is 0 Å². The van der Waals surface area contributed by atoms with E-state index in [9.17, 15) is 0 Å². The standard InChI is InChI=1S/C11H15N3/c1-11(2,3)9-8-6-4-5-7-14(8)13-10(9)12/h4-7H,1-3H3,(H2,12,13)/p+1. The van der Waals surface area contributed by atoms with E-state index < -0.39 is 0 Å². The molecule has 2 aromatic heterocycles. The molecule has 2 rings (SSSR count). The van der Waals surface area contributed by atoms with Gasteiger partial charge in [0.2, 0.25) is 11.7 Å². The van der Waals surface area contributed by atoms with E-state index in [0.717, 1.165) is 11.3 Å². The van der Waals surface area contributed by atoms with Crippen molar-refractivity contribution >= 4 is 11.3 Å². The van der Waals surface area contributed by atoms with Gasteiger partial charge in [0.05, 0.1) is 5.56 Å². The van der Waals surface area contributed by atoms with Crippen LogP contribution in [0.3, 0.4) is 0 Å². The lowest BCUT2D eigenvalue weighted by Crippen LogP contribution is -2.22. The summed E-state index contributed by atoms with van der Waals surface area (Å²) in [6.07, 6.45) is 1.97. The summed E-state index contributed by atoms with van der Waals surface area (Å²) in [5.74, 6) is 0.753. The fraction of sp³-hybridized carbons (Fsp3) is 0.364. The smallest absolute Gasteiger partial charge is 0.243 e. The molecule has 0 amide bonds. The number of hydrogen-bond acceptors (Lipinski definition) is 1. The fourth-order valence-electron chi connectivity index (χ4n) is 1.86. The number of aromatic nitrogens is 2. The molecule has 0 aliphatic carbocycles. The number of anilines is 1. The Kier molecular flexibility index (Phi) is 1.77. The third kappa shape index (κ3) is 1.25. The van der Waals surface area contributed by atoms with Crippen LogP contribution in [0.2, 0.25) is 0 Å². The van der Waals surface area contributed by atoms with Crippen molar-refractivity contribution < 1.29 is 4.52 Å². The van der Waals surface area contributed by atoms with Crippen LogP contribution in [0, 0.1) is 0 Å². The van der Waals surface area contributed by atoms with Gasteiger partial charge in [0, 0.05) is 12.1 Å². The zero-order valence-corrected chi connectivity index (χ0v) is 8.83. The zero-order chi connectivity index (χ0) is 10.3. The molecule has 0 aliphatic heterocycles. The Bertz CT molecular complexity index is 463. The van der Waals surface area contributed by atoms with E-state index in [1.54, 1.807) is 0 Å². The summed E-state index contributed by atoms with van der Waals surface area (Å²) in [7, 11) is 0. The van der Waals surface area contributed by atoms with Crippen molar-refractivity contribution in [3.05, 3.63) is 30.0 Å². The molecule has 0 radical (unpaired) electrons. The summed E-state index contributed by atoms with van der Waals surface area (Å²) in [6, 6.07) is 6.08. The molecule has 2 aromatic rings. The molecular formula is C11H16N3+. The second-order valence-electron chi connectivity index (χ2n) is 4.61. The minimum Gasteiger partial charge on any atom is -0.381 e. The number of rotatable bonds is 0. The van der Waals surface area contributed by atoms with Gasteiger partial charge in [-0.05, 0) is 11.5 Å². The molecular weight excluding hydrogens is 174 g/mol. The summed E-state index contributed by atoms with van der Waals surface area (Å²) >= 11 is 0. The number of aromatic amines is 1. The van der Waals surface area contributed by atoms with Crippen LogP contribution in [0.4, 0.5) is 5.82 Å². The average molecular weight is 190 g/mol. The molecule has 0 saturated heterocycles. The van der Waals surface area contributed by atoms with E-state index >= 15 is 0 Å². The number of nitrogen functional groups attached to an aromatic ring is 1. The maximum atomic E-state index is 5.96. The Morgan fingerprint density at radius 1 is 1.29 bits per heavy atom. The summed E-state index contributed by atoms with van der Waals surface area (Å²) < 4.78 is 1.95. The lowest BCUT2D eigenvalue weighted by molar-refractivity contribution is -0.575. The molecule has 0 spiro atoms. The van der Waals surface area contributed by atoms with Crippen molar-refractivity contribution in [2.75, 3.05) is 5.73 Å². The van der Waals surface area contributed by atoms with E-state index in [4.69, 9.17) is 5.73 Å². The molecule has 0 atom stereocenters. The molecule has 0 aromatic carbocycles. The van der Waals surface area contributed by atoms with Crippen molar-refractivity contribution in [1.29, 1.82) is 0 Å². The number of nitrogens with one attached hydrogen (secondary N) is 1. The van der Waals surface area contributed by atoms with E-state index in [-0.39, 0.29) is 5.41 Å². The van der Waals surface area contributed by atoms with Crippen molar-refractivity contribution in [1.82, 2.24) is 5.10 Å². The highest BCUT2D eigenvalue weighted by Gasteiger charge is 2.26. The number of H-pyrrole nitrogens is 1. The van der Waals surface area contributed by atoms with E-state index in [2.05, 4.69) is 31.9 Å². The first-order chi connectivity index (χ1) is 6.50. The SMILES string of the molecule is CC(C)(C)c1c(N)[nH][n+]2ccccc12. The second kappa shape index (κ2) is 2.74. The lowest BCUT2D eigenvalue weighted by Gasteiger charge is -2.15. The van der Waals surface area contributed by atoms with Crippen LogP contribution >= 0.6 is 0 Å². The highest BCUT2D eigenvalue weighted by Crippen LogP contribution is 2.28. The molecule has 14 heavy (non-hydrogen) atoms. The maximum Gasteiger partial charge on any atom is 0.243 e. The molecule has 0 fully saturated rings. The number of fused-ring (bicyclic) bond motifs is 1. The fourth-order valence-corrected chi connectivity index (χ4v) is 1.86. The van der Waals surface area contributed by atoms with E-state index in [0.29, 0.717) is 0 Å². The Morgan fingerprint density at radius 3 is 2.64 bits per heavy atom. The van der Waals surface area contributed by atoms with Crippen LogP contribution in [0.5, 0.6) is 0 Å². The van der Waals surface area contributed by atoms with Gasteiger partial charge in [-0.3, -0.25) is 0 Å². The third-order valence-corrected chi connectivity index (χ3v) is 2.38. The van der Waals surface area contributed by atoms with Gasteiger partial charge in [0.25, 0.3) is 0 Å². The molecule has 0 unspecified atom stereocenters. The van der Waals surface area contributed by atoms with Crippen molar-refractivity contribution in [3.63, 3.8) is 0 Å². The molecule has 74 valence electrons. The first kappa shape index (κ1) is 9.06. The first-order valence-corrected chi connectivity index (χ1v) is 4.78. The number of pyridine rings is 1. The number of hydrogen-bond donors (Lipinski definition) is 2. The summed E-state index contributed by atoms with van der Waals surface area (Å²) in [5, 5.41) is 3.13. The molecule has 0 bridgehead atoms. The van der Waals surface area contributed by atoms with Crippen LogP contribution in [0.15, 0.2) is 24.4 Å². The predicted molar refractivity (Wildman–Crippen MR) is 57.1 cm³/mol. The summed E-state index contributed by atoms with van der Waals surface area (Å²) in [6.45, 7) is 6.50. The molecule has 3 nitrogen and oxygen atoms in total. The largest absolute Gasteiger partial charge is 0.381 e. The Balaban J connectivity index is 2.81. The zero-order valence-electron chi connectivity index (χ0n) is 8.83. The van der Waals surface area contributed by atoms with Crippen molar-refractivity contribution in [2.45, 2.75) is 26.2 Å². The van der Waals surface area contributed by atoms with Crippen molar-refractivity contribution in [3.8, 4) is 0 Å². The Labute approximate surface area is 83.5 Å². The van der Waals surface area contributed by atoms with Crippen LogP contribution < -0.4 is 10.2 Å². The van der Waals surface area contributed by atoms with Gasteiger partial charge in [-0.1, -0.05) is 25.3 Å². The second-order valence-corrected chi connectivity index (χ2v) is 4.61. The van der Waals surface area contributed by atoms with Crippen LogP contribution in [0.1, 0.15) is 26.3 Å². The van der Waals surface area contributed by atoms with E-state index in [1.807, 2.05) is 22.8 Å². The molecule has 0 saturated carbocycles. The van der Waals surface area contributed by atoms with Crippen LogP contribution in [-0.4, -0.2) is 5.10 Å². The highest BCUT2D eigenvalue weighted by atomic mass is 15.2. The predicted octanol–water partition coefficient (Wildman–Crippen LogP) is 1.63. The van der Waals surface area contributed by atoms with Gasteiger partial charge in [0.15, 0.2) is 5.82 Å². The normalized spacial score (nSPS) is 12.2. The van der Waals surface area contributed by atoms with E-state index in [1.165, 1.54) is 5.56 Å². The Hall–Kier alpha value is -1.51. The van der Waals surface area contributed by atoms with Gasteiger partial charge in [-0.15, -0.1) is 5.10 Å². The third-order valence-electron chi connectivity index (χ3n) is 2.38. The molecule has 2 heterocycles. The lowest BCUT2D eigenvalue weighted by atomic mass is 9.87. The number of nitrogens with zero attached hydrogens (tertiary/aromatic N) is 1. The summed E-state index contributed by atoms with van der Waals surface area (Å²) in [5.41, 5.74) is 8.36. The van der Waals surface area contributed by atoms with Gasteiger partial charge in [-0.2, -0.15) is 0 Å². The first-order valence-electron chi connectivity index (χ1n) is 4.78. The molecule has 3 heteroatoms. The molecule has 3 N–H and O–H groups in total. The minimum atomic E-state index is 0.0662. The monoisotopic (exact) mass is 190 g/mol.